The summed E-state index contributed by atoms with van der Waals surface area (Å²) in [6, 6.07) is 11.9. The summed E-state index contributed by atoms with van der Waals surface area (Å²) in [7, 11) is 0. The molecule has 2 N–H and O–H groups in total. The Hall–Kier alpha value is -2.20. The van der Waals surface area contributed by atoms with Crippen LogP contribution < -0.4 is 14.8 Å². The molecule has 0 unspecified atom stereocenters. The minimum atomic E-state index is 0.271. The number of hydrogen-bond acceptors (Lipinski definition) is 4. The van der Waals surface area contributed by atoms with Gasteiger partial charge in [-0.2, -0.15) is 0 Å². The topological polar surface area (TPSA) is 50.7 Å². The quantitative estimate of drug-likeness (QED) is 0.889. The predicted octanol–water partition coefficient (Wildman–Crippen LogP) is 2.55. The van der Waals surface area contributed by atoms with Crippen molar-refractivity contribution in [3.63, 3.8) is 0 Å². The van der Waals surface area contributed by atoms with Gasteiger partial charge < -0.3 is 19.9 Å². The number of hydrogen-bond donors (Lipinski definition) is 2. The van der Waals surface area contributed by atoms with Crippen LogP contribution in [0.3, 0.4) is 0 Å². The molecule has 1 atom stereocenters. The molecule has 4 rings (SSSR count). The van der Waals surface area contributed by atoms with Crippen molar-refractivity contribution >= 4 is 0 Å². The van der Waals surface area contributed by atoms with E-state index in [1.165, 1.54) is 16.7 Å². The molecule has 0 radical (unpaired) electrons. The third kappa shape index (κ3) is 2.32. The van der Waals surface area contributed by atoms with E-state index < -0.39 is 0 Å². The summed E-state index contributed by atoms with van der Waals surface area (Å²) in [4.78, 5) is 0. The van der Waals surface area contributed by atoms with E-state index >= 15 is 0 Å². The fraction of sp³-hybridized carbons (Fsp3) is 0.294. The number of benzene rings is 2. The van der Waals surface area contributed by atoms with Crippen LogP contribution in [0.15, 0.2) is 36.4 Å². The third-order valence-corrected chi connectivity index (χ3v) is 4.17. The Morgan fingerprint density at radius 2 is 1.86 bits per heavy atom. The van der Waals surface area contributed by atoms with Crippen LogP contribution in [0.2, 0.25) is 0 Å². The lowest BCUT2D eigenvalue weighted by Gasteiger charge is -2.27. The zero-order valence-corrected chi connectivity index (χ0v) is 11.6. The molecule has 21 heavy (non-hydrogen) atoms. The first kappa shape index (κ1) is 12.5. The van der Waals surface area contributed by atoms with Gasteiger partial charge in [0.15, 0.2) is 11.5 Å². The van der Waals surface area contributed by atoms with Crippen LogP contribution in [0.1, 0.15) is 22.7 Å². The summed E-state index contributed by atoms with van der Waals surface area (Å²) in [6.45, 7) is 1.28. The van der Waals surface area contributed by atoms with E-state index in [1.54, 1.807) is 12.1 Å². The smallest absolute Gasteiger partial charge is 0.231 e. The van der Waals surface area contributed by atoms with Crippen LogP contribution in [0.25, 0.3) is 0 Å². The molecule has 0 bridgehead atoms. The summed E-state index contributed by atoms with van der Waals surface area (Å²) in [6.07, 6.45) is 1.91. The fourth-order valence-electron chi connectivity index (χ4n) is 3.08. The molecule has 4 heteroatoms. The van der Waals surface area contributed by atoms with E-state index in [0.29, 0.717) is 12.5 Å². The van der Waals surface area contributed by atoms with E-state index in [-0.39, 0.29) is 6.04 Å². The molecule has 4 nitrogen and oxygen atoms in total. The average Bonchev–Trinajstić information content (AvgIpc) is 2.95. The molecule has 0 fully saturated rings. The number of phenolic OH excluding ortho intramolecular Hbond substituents is 1. The zero-order valence-electron chi connectivity index (χ0n) is 11.6. The van der Waals surface area contributed by atoms with Gasteiger partial charge in [-0.1, -0.05) is 12.1 Å². The van der Waals surface area contributed by atoms with E-state index in [1.807, 2.05) is 12.1 Å². The van der Waals surface area contributed by atoms with Gasteiger partial charge in [0.2, 0.25) is 6.79 Å². The highest BCUT2D eigenvalue weighted by Crippen LogP contribution is 2.38. The number of rotatable bonds is 2. The second-order valence-corrected chi connectivity index (χ2v) is 5.53. The Bertz CT molecular complexity index is 666. The molecule has 2 heterocycles. The molecule has 0 aromatic heterocycles. The van der Waals surface area contributed by atoms with Crippen LogP contribution in [0.5, 0.6) is 17.2 Å². The van der Waals surface area contributed by atoms with Gasteiger partial charge in [-0.25, -0.2) is 0 Å². The van der Waals surface area contributed by atoms with Crippen molar-refractivity contribution in [2.45, 2.75) is 18.9 Å². The third-order valence-electron chi connectivity index (χ3n) is 4.17. The van der Waals surface area contributed by atoms with Gasteiger partial charge in [-0.05, 0) is 60.3 Å². The standard InChI is InChI=1S/C17H17NO3/c19-13-3-1-11(2-4-13)7-15-14-9-17-16(20-10-21-17)8-12(14)5-6-18-15/h1-4,8-9,15,18-19H,5-7,10H2/t15-/m1/s1. The molecule has 2 aliphatic rings. The van der Waals surface area contributed by atoms with E-state index in [0.717, 1.165) is 30.9 Å². The first-order valence-corrected chi connectivity index (χ1v) is 7.23. The molecule has 0 aliphatic carbocycles. The summed E-state index contributed by atoms with van der Waals surface area (Å²) in [5.41, 5.74) is 3.83. The predicted molar refractivity (Wildman–Crippen MR) is 78.8 cm³/mol. The Morgan fingerprint density at radius 3 is 2.67 bits per heavy atom. The lowest BCUT2D eigenvalue weighted by molar-refractivity contribution is 0.174. The molecular formula is C17H17NO3. The Morgan fingerprint density at radius 1 is 1.10 bits per heavy atom. The van der Waals surface area contributed by atoms with E-state index in [4.69, 9.17) is 9.47 Å². The molecule has 0 spiro atoms. The first-order chi connectivity index (χ1) is 10.3. The highest BCUT2D eigenvalue weighted by molar-refractivity contribution is 5.51. The highest BCUT2D eigenvalue weighted by Gasteiger charge is 2.24. The van der Waals surface area contributed by atoms with Crippen molar-refractivity contribution in [3.8, 4) is 17.2 Å². The number of ether oxygens (including phenoxy) is 2. The minimum Gasteiger partial charge on any atom is -0.508 e. The number of aromatic hydroxyl groups is 1. The molecule has 2 aromatic rings. The van der Waals surface area contributed by atoms with Crippen LogP contribution in [0, 0.1) is 0 Å². The number of fused-ring (bicyclic) bond motifs is 2. The molecule has 108 valence electrons. The van der Waals surface area contributed by atoms with Crippen molar-refractivity contribution in [3.05, 3.63) is 53.1 Å². The molecule has 0 saturated heterocycles. The molecule has 0 saturated carbocycles. The summed E-state index contributed by atoms with van der Waals surface area (Å²) < 4.78 is 11.0. The summed E-state index contributed by atoms with van der Waals surface area (Å²) in [5.74, 6) is 2.01. The van der Waals surface area contributed by atoms with Gasteiger partial charge in [0.1, 0.15) is 5.75 Å². The van der Waals surface area contributed by atoms with Crippen LogP contribution in [-0.4, -0.2) is 18.4 Å². The van der Waals surface area contributed by atoms with Gasteiger partial charge in [-0.15, -0.1) is 0 Å². The highest BCUT2D eigenvalue weighted by atomic mass is 16.7. The van der Waals surface area contributed by atoms with Crippen LogP contribution >= 0.6 is 0 Å². The molecule has 2 aromatic carbocycles. The van der Waals surface area contributed by atoms with Crippen LogP contribution in [0.4, 0.5) is 0 Å². The SMILES string of the molecule is Oc1ccc(C[C@H]2NCCc3cc4c(cc32)OCO4)cc1. The van der Waals surface area contributed by atoms with Crippen LogP contribution in [-0.2, 0) is 12.8 Å². The Labute approximate surface area is 123 Å². The maximum Gasteiger partial charge on any atom is 0.231 e. The summed E-state index contributed by atoms with van der Waals surface area (Å²) >= 11 is 0. The van der Waals surface area contributed by atoms with Gasteiger partial charge in [0, 0.05) is 6.04 Å². The fourth-order valence-corrected chi connectivity index (χ4v) is 3.08. The molecular weight excluding hydrogens is 266 g/mol. The van der Waals surface area contributed by atoms with Gasteiger partial charge in [0.05, 0.1) is 0 Å². The maximum atomic E-state index is 9.38. The molecule has 2 aliphatic heterocycles. The Balaban J connectivity index is 1.65. The number of phenols is 1. The monoisotopic (exact) mass is 283 g/mol. The lowest BCUT2D eigenvalue weighted by atomic mass is 9.90. The maximum absolute atomic E-state index is 9.38. The minimum absolute atomic E-state index is 0.271. The van der Waals surface area contributed by atoms with Gasteiger partial charge in [-0.3, -0.25) is 0 Å². The van der Waals surface area contributed by atoms with Crippen molar-refractivity contribution < 1.29 is 14.6 Å². The first-order valence-electron chi connectivity index (χ1n) is 7.23. The van der Waals surface area contributed by atoms with Gasteiger partial charge in [0.25, 0.3) is 0 Å². The Kier molecular flexibility index (Phi) is 2.97. The second kappa shape index (κ2) is 4.97. The van der Waals surface area contributed by atoms with Crippen molar-refractivity contribution in [2.24, 2.45) is 0 Å². The lowest BCUT2D eigenvalue weighted by Crippen LogP contribution is -2.31. The second-order valence-electron chi connectivity index (χ2n) is 5.53. The van der Waals surface area contributed by atoms with Gasteiger partial charge >= 0.3 is 0 Å². The van der Waals surface area contributed by atoms with Crippen molar-refractivity contribution in [1.82, 2.24) is 5.32 Å². The molecule has 0 amide bonds. The van der Waals surface area contributed by atoms with E-state index in [9.17, 15) is 5.11 Å². The van der Waals surface area contributed by atoms with Crippen molar-refractivity contribution in [1.29, 1.82) is 0 Å². The van der Waals surface area contributed by atoms with E-state index in [2.05, 4.69) is 17.4 Å². The largest absolute Gasteiger partial charge is 0.508 e. The van der Waals surface area contributed by atoms with Crippen molar-refractivity contribution in [2.75, 3.05) is 13.3 Å². The zero-order chi connectivity index (χ0) is 14.2. The average molecular weight is 283 g/mol. The normalized spacial score (nSPS) is 19.3. The number of nitrogens with one attached hydrogen (secondary N) is 1. The summed E-state index contributed by atoms with van der Waals surface area (Å²) in [5, 5.41) is 13.0.